The summed E-state index contributed by atoms with van der Waals surface area (Å²) in [5, 5.41) is 10.6. The maximum atomic E-state index is 13.1. The smallest absolute Gasteiger partial charge is 0.462 e. The molecule has 0 saturated heterocycles. The van der Waals surface area contributed by atoms with Gasteiger partial charge in [-0.25, -0.2) is 9.13 Å². The van der Waals surface area contributed by atoms with Gasteiger partial charge < -0.3 is 33.8 Å². The Morgan fingerprint density at radius 3 is 0.809 bits per heavy atom. The molecule has 0 radical (unpaired) electrons. The van der Waals surface area contributed by atoms with Crippen LogP contribution in [0.3, 0.4) is 0 Å². The van der Waals surface area contributed by atoms with E-state index in [0.717, 1.165) is 102 Å². The lowest BCUT2D eigenvalue weighted by Crippen LogP contribution is -2.30. The van der Waals surface area contributed by atoms with Crippen molar-refractivity contribution < 1.29 is 80.2 Å². The number of carbonyl (C=O) groups is 4. The molecule has 19 heteroatoms. The van der Waals surface area contributed by atoms with E-state index in [1.807, 2.05) is 0 Å². The van der Waals surface area contributed by atoms with Gasteiger partial charge in [0.15, 0.2) is 12.2 Å². The van der Waals surface area contributed by atoms with Gasteiger partial charge in [0, 0.05) is 25.7 Å². The summed E-state index contributed by atoms with van der Waals surface area (Å²) in [6.07, 6.45) is 53.8. The second-order valence-electron chi connectivity index (χ2n) is 27.8. The van der Waals surface area contributed by atoms with Gasteiger partial charge in [-0.15, -0.1) is 0 Å². The van der Waals surface area contributed by atoms with Crippen LogP contribution in [-0.4, -0.2) is 96.7 Å². The number of esters is 4. The summed E-state index contributed by atoms with van der Waals surface area (Å²) in [7, 11) is -9.91. The zero-order chi connectivity index (χ0) is 69.3. The lowest BCUT2D eigenvalue weighted by Gasteiger charge is -2.21. The summed E-state index contributed by atoms with van der Waals surface area (Å²) in [6, 6.07) is 0. The highest BCUT2D eigenvalue weighted by Crippen LogP contribution is 2.45. The summed E-state index contributed by atoms with van der Waals surface area (Å²) < 4.78 is 68.5. The summed E-state index contributed by atoms with van der Waals surface area (Å²) in [4.78, 5) is 72.8. The number of phosphoric ester groups is 2. The molecule has 0 bridgehead atoms. The number of carbonyl (C=O) groups excluding carboxylic acids is 4. The number of hydrogen-bond donors (Lipinski definition) is 3. The Hall–Kier alpha value is -1.94. The number of aliphatic hydroxyl groups is 1. The molecule has 0 aromatic rings. The molecule has 558 valence electrons. The minimum Gasteiger partial charge on any atom is -0.462 e. The maximum Gasteiger partial charge on any atom is 0.472 e. The first-order chi connectivity index (χ1) is 45.4. The third-order valence-electron chi connectivity index (χ3n) is 17.8. The van der Waals surface area contributed by atoms with Gasteiger partial charge in [0.25, 0.3) is 0 Å². The number of hydrogen-bond acceptors (Lipinski definition) is 15. The van der Waals surface area contributed by atoms with E-state index < -0.39 is 97.5 Å². The zero-order valence-corrected chi connectivity index (χ0v) is 63.1. The van der Waals surface area contributed by atoms with Crippen molar-refractivity contribution in [1.29, 1.82) is 0 Å². The van der Waals surface area contributed by atoms with Crippen molar-refractivity contribution in [3.63, 3.8) is 0 Å². The third-order valence-corrected chi connectivity index (χ3v) is 19.7. The van der Waals surface area contributed by atoms with E-state index in [-0.39, 0.29) is 25.7 Å². The molecular formula is C75H146O17P2. The molecule has 0 amide bonds. The van der Waals surface area contributed by atoms with Crippen LogP contribution in [-0.2, 0) is 65.4 Å². The normalized spacial score (nSPS) is 14.3. The van der Waals surface area contributed by atoms with Crippen LogP contribution < -0.4 is 0 Å². The fourth-order valence-electron chi connectivity index (χ4n) is 11.4. The van der Waals surface area contributed by atoms with E-state index in [9.17, 15) is 43.2 Å². The highest BCUT2D eigenvalue weighted by atomic mass is 31.2. The van der Waals surface area contributed by atoms with Crippen LogP contribution in [0.2, 0.25) is 0 Å². The Labute approximate surface area is 575 Å². The Balaban J connectivity index is 5.26. The van der Waals surface area contributed by atoms with E-state index in [0.29, 0.717) is 25.7 Å². The van der Waals surface area contributed by atoms with Gasteiger partial charge in [0.05, 0.1) is 26.4 Å². The van der Waals surface area contributed by atoms with E-state index in [4.69, 9.17) is 37.0 Å². The van der Waals surface area contributed by atoms with Crippen LogP contribution in [0.1, 0.15) is 388 Å². The van der Waals surface area contributed by atoms with Crippen LogP contribution in [0.25, 0.3) is 0 Å². The second-order valence-corrected chi connectivity index (χ2v) is 30.7. The Morgan fingerprint density at radius 2 is 0.543 bits per heavy atom. The largest absolute Gasteiger partial charge is 0.472 e. The quantitative estimate of drug-likeness (QED) is 0.0222. The highest BCUT2D eigenvalue weighted by molar-refractivity contribution is 7.47. The van der Waals surface area contributed by atoms with Crippen molar-refractivity contribution in [3.05, 3.63) is 0 Å². The van der Waals surface area contributed by atoms with Crippen LogP contribution in [0.5, 0.6) is 0 Å². The van der Waals surface area contributed by atoms with Gasteiger partial charge in [0.2, 0.25) is 0 Å². The first-order valence-electron chi connectivity index (χ1n) is 39.0. The van der Waals surface area contributed by atoms with Crippen molar-refractivity contribution in [2.45, 2.75) is 407 Å². The van der Waals surface area contributed by atoms with Gasteiger partial charge >= 0.3 is 39.5 Å². The number of phosphoric acid groups is 2. The highest BCUT2D eigenvalue weighted by Gasteiger charge is 2.30. The van der Waals surface area contributed by atoms with Gasteiger partial charge in [-0.1, -0.05) is 337 Å². The fraction of sp³-hybridized carbons (Fsp3) is 0.947. The molecule has 17 nitrogen and oxygen atoms in total. The molecule has 0 aromatic carbocycles. The van der Waals surface area contributed by atoms with Crippen molar-refractivity contribution >= 4 is 39.5 Å². The fourth-order valence-corrected chi connectivity index (χ4v) is 13.0. The summed E-state index contributed by atoms with van der Waals surface area (Å²) >= 11 is 0. The van der Waals surface area contributed by atoms with Gasteiger partial charge in [0.1, 0.15) is 19.3 Å². The van der Waals surface area contributed by atoms with Gasteiger partial charge in [-0.3, -0.25) is 37.3 Å². The van der Waals surface area contributed by atoms with Crippen molar-refractivity contribution in [3.8, 4) is 0 Å². The third kappa shape index (κ3) is 67.3. The van der Waals surface area contributed by atoms with E-state index in [1.165, 1.54) is 205 Å². The molecule has 0 aliphatic carbocycles. The Kier molecular flexibility index (Phi) is 65.5. The number of aliphatic hydroxyl groups excluding tert-OH is 1. The van der Waals surface area contributed by atoms with E-state index in [2.05, 4.69) is 41.5 Å². The monoisotopic (exact) mass is 1380 g/mol. The lowest BCUT2D eigenvalue weighted by molar-refractivity contribution is -0.161. The van der Waals surface area contributed by atoms with Gasteiger partial charge in [-0.2, -0.15) is 0 Å². The lowest BCUT2D eigenvalue weighted by atomic mass is 9.99. The Bertz CT molecular complexity index is 1820. The molecule has 0 saturated carbocycles. The molecule has 3 unspecified atom stereocenters. The molecule has 3 N–H and O–H groups in total. The van der Waals surface area contributed by atoms with E-state index in [1.54, 1.807) is 0 Å². The predicted octanol–water partition coefficient (Wildman–Crippen LogP) is 21.9. The number of ether oxygens (including phenoxy) is 4. The molecule has 94 heavy (non-hydrogen) atoms. The maximum absolute atomic E-state index is 13.1. The molecule has 0 fully saturated rings. The van der Waals surface area contributed by atoms with E-state index >= 15 is 0 Å². The molecular weight excluding hydrogens is 1230 g/mol. The summed E-state index contributed by atoms with van der Waals surface area (Å²) in [6.45, 7) is 9.63. The van der Waals surface area contributed by atoms with Crippen LogP contribution in [0, 0.1) is 11.8 Å². The molecule has 0 aliphatic heterocycles. The average molecular weight is 1380 g/mol. The van der Waals surface area contributed by atoms with Crippen molar-refractivity contribution in [2.24, 2.45) is 11.8 Å². The zero-order valence-electron chi connectivity index (χ0n) is 61.3. The average Bonchev–Trinajstić information content (AvgIpc) is 1.69. The van der Waals surface area contributed by atoms with Gasteiger partial charge in [-0.05, 0) is 37.5 Å². The predicted molar refractivity (Wildman–Crippen MR) is 381 cm³/mol. The van der Waals surface area contributed by atoms with Crippen molar-refractivity contribution in [2.75, 3.05) is 39.6 Å². The van der Waals surface area contributed by atoms with Crippen molar-refractivity contribution in [1.82, 2.24) is 0 Å². The summed E-state index contributed by atoms with van der Waals surface area (Å²) in [5.74, 6) is -0.519. The number of rotatable bonds is 74. The van der Waals surface area contributed by atoms with Crippen LogP contribution in [0.15, 0.2) is 0 Å². The topological polar surface area (TPSA) is 237 Å². The molecule has 0 rings (SSSR count). The Morgan fingerprint density at radius 1 is 0.309 bits per heavy atom. The molecule has 6 atom stereocenters. The molecule has 0 spiro atoms. The van der Waals surface area contributed by atoms with Crippen LogP contribution >= 0.6 is 15.6 Å². The minimum absolute atomic E-state index is 0.107. The standard InChI is InChI=1S/C75H146O17P2/c1-7-10-12-14-16-18-20-21-24-27-35-41-47-53-59-74(79)91-70(63-85-72(77)57-51-45-39-33-19-17-15-13-11-8-2)65-89-93(81,82)87-61-69(76)62-88-94(83,84)90-66-71(64-86-73(78)58-52-46-40-34-30-29-32-38-44-50-56-68(6)9-3)92-75(80)60-54-48-42-36-28-25-22-23-26-31-37-43-49-55-67(4)5/h67-71,76H,7-66H2,1-6H3,(H,81,82)(H,83,84)/t68?,69-,70+,71+/m0/s1. The van der Waals surface area contributed by atoms with Crippen LogP contribution in [0.4, 0.5) is 0 Å². The molecule has 0 aromatic heterocycles. The first kappa shape index (κ1) is 92.1. The first-order valence-corrected chi connectivity index (χ1v) is 42.0. The SMILES string of the molecule is CCCCCCCCCCCCCCCCC(=O)O[C@H](COC(=O)CCCCCCCCCCCC)COP(=O)(O)OC[C@H](O)COP(=O)(O)OC[C@@H](COC(=O)CCCCCCCCCCCCC(C)CC)OC(=O)CCCCCCCCCCCCCCCC(C)C. The molecule has 0 aliphatic rings. The molecule has 0 heterocycles. The minimum atomic E-state index is -4.96. The second kappa shape index (κ2) is 66.9. The number of unbranched alkanes of at least 4 members (excludes halogenated alkanes) is 43. The summed E-state index contributed by atoms with van der Waals surface area (Å²) in [5.41, 5.74) is 0.